The topological polar surface area (TPSA) is 70.5 Å². The highest BCUT2D eigenvalue weighted by Crippen LogP contribution is 2.30. The van der Waals surface area contributed by atoms with Gasteiger partial charge in [-0.2, -0.15) is 5.10 Å². The second-order valence-electron chi connectivity index (χ2n) is 6.70. The molecule has 2 amide bonds. The van der Waals surface area contributed by atoms with Gasteiger partial charge < -0.3 is 10.2 Å². The van der Waals surface area contributed by atoms with Crippen molar-refractivity contribution in [3.63, 3.8) is 0 Å². The number of nitrogens with one attached hydrogen (secondary N) is 1. The molecule has 2 fully saturated rings. The largest absolute Gasteiger partial charge is 0.354 e. The van der Waals surface area contributed by atoms with Gasteiger partial charge in [-0.15, -0.1) is 0 Å². The quantitative estimate of drug-likeness (QED) is 0.858. The molecule has 7 nitrogen and oxygen atoms in total. The van der Waals surface area contributed by atoms with Crippen LogP contribution in [0.3, 0.4) is 0 Å². The summed E-state index contributed by atoms with van der Waals surface area (Å²) in [6.45, 7) is 4.60. The molecule has 3 heterocycles. The Kier molecular flexibility index (Phi) is 4.83. The predicted octanol–water partition coefficient (Wildman–Crippen LogP) is 0.910. The second-order valence-corrected chi connectivity index (χ2v) is 7.14. The number of aromatic nitrogens is 2. The molecular weight excluding hydrogens is 330 g/mol. The maximum atomic E-state index is 12.7. The summed E-state index contributed by atoms with van der Waals surface area (Å²) in [5.74, 6) is 0.114. The van der Waals surface area contributed by atoms with Crippen molar-refractivity contribution >= 4 is 23.4 Å². The van der Waals surface area contributed by atoms with Gasteiger partial charge in [0.15, 0.2) is 0 Å². The molecule has 0 aromatic carbocycles. The Morgan fingerprint density at radius 2 is 2.08 bits per heavy atom. The molecule has 0 saturated carbocycles. The van der Waals surface area contributed by atoms with E-state index in [1.165, 1.54) is 6.20 Å². The highest BCUT2D eigenvalue weighted by molar-refractivity contribution is 6.30. The van der Waals surface area contributed by atoms with Crippen LogP contribution in [-0.4, -0.2) is 70.2 Å². The highest BCUT2D eigenvalue weighted by atomic mass is 35.5. The van der Waals surface area contributed by atoms with Gasteiger partial charge in [0.2, 0.25) is 11.8 Å². The summed E-state index contributed by atoms with van der Waals surface area (Å²) in [6.07, 6.45) is 5.47. The van der Waals surface area contributed by atoms with E-state index in [4.69, 9.17) is 11.6 Å². The molecule has 0 bridgehead atoms. The Labute approximate surface area is 146 Å². The van der Waals surface area contributed by atoms with Crippen LogP contribution in [0.1, 0.15) is 32.2 Å². The van der Waals surface area contributed by atoms with Crippen LogP contribution in [0.5, 0.6) is 0 Å². The number of rotatable bonds is 2. The van der Waals surface area contributed by atoms with Gasteiger partial charge >= 0.3 is 0 Å². The highest BCUT2D eigenvalue weighted by Gasteiger charge is 2.46. The fourth-order valence-electron chi connectivity index (χ4n) is 3.68. The molecule has 0 radical (unpaired) electrons. The number of carbonyl (C=O) groups is 2. The van der Waals surface area contributed by atoms with E-state index in [-0.39, 0.29) is 11.8 Å². The second kappa shape index (κ2) is 6.72. The maximum Gasteiger partial charge on any atom is 0.247 e. The number of hydrogen-bond donors (Lipinski definition) is 1. The van der Waals surface area contributed by atoms with Crippen molar-refractivity contribution in [2.75, 3.05) is 33.2 Å². The minimum atomic E-state index is -0.481. The zero-order chi connectivity index (χ0) is 17.3. The molecule has 24 heavy (non-hydrogen) atoms. The lowest BCUT2D eigenvalue weighted by Gasteiger charge is -2.45. The molecule has 132 valence electrons. The van der Waals surface area contributed by atoms with Gasteiger partial charge in [-0.1, -0.05) is 11.6 Å². The smallest absolute Gasteiger partial charge is 0.247 e. The number of nitrogens with zero attached hydrogens (tertiary/aromatic N) is 4. The molecule has 2 saturated heterocycles. The van der Waals surface area contributed by atoms with Gasteiger partial charge in [-0.3, -0.25) is 19.2 Å². The van der Waals surface area contributed by atoms with Crippen molar-refractivity contribution in [3.05, 3.63) is 17.4 Å². The van der Waals surface area contributed by atoms with Gasteiger partial charge in [0.25, 0.3) is 0 Å². The fourth-order valence-corrected chi connectivity index (χ4v) is 3.82. The average Bonchev–Trinajstić information content (AvgIpc) is 2.98. The Hall–Kier alpha value is -1.60. The zero-order valence-electron chi connectivity index (χ0n) is 14.2. The number of hydrogen-bond acceptors (Lipinski definition) is 4. The van der Waals surface area contributed by atoms with E-state index < -0.39 is 11.6 Å². The molecule has 1 aromatic heterocycles. The molecular formula is C16H24ClN5O2. The molecule has 0 unspecified atom stereocenters. The van der Waals surface area contributed by atoms with E-state index in [0.717, 1.165) is 19.5 Å². The van der Waals surface area contributed by atoms with Crippen LogP contribution in [0, 0.1) is 0 Å². The van der Waals surface area contributed by atoms with E-state index in [1.807, 2.05) is 18.9 Å². The summed E-state index contributed by atoms with van der Waals surface area (Å²) >= 11 is 5.88. The molecule has 2 aliphatic rings. The Balaban J connectivity index is 1.67. The van der Waals surface area contributed by atoms with E-state index >= 15 is 0 Å². The van der Waals surface area contributed by atoms with Crippen molar-refractivity contribution < 1.29 is 9.59 Å². The third-order valence-electron chi connectivity index (χ3n) is 5.34. The molecule has 8 heteroatoms. The number of likely N-dealkylation sites (N-methyl/N-ethyl adjacent to an activating group) is 1. The third-order valence-corrected chi connectivity index (χ3v) is 5.53. The van der Waals surface area contributed by atoms with Crippen molar-refractivity contribution in [1.29, 1.82) is 0 Å². The van der Waals surface area contributed by atoms with Crippen molar-refractivity contribution in [3.8, 4) is 0 Å². The molecule has 1 N–H and O–H groups in total. The minimum Gasteiger partial charge on any atom is -0.354 e. The van der Waals surface area contributed by atoms with Gasteiger partial charge in [0, 0.05) is 32.4 Å². The first-order valence-electron chi connectivity index (χ1n) is 8.42. The third kappa shape index (κ3) is 3.02. The first-order chi connectivity index (χ1) is 11.4. The van der Waals surface area contributed by atoms with Crippen LogP contribution >= 0.6 is 11.6 Å². The number of amides is 2. The van der Waals surface area contributed by atoms with Crippen molar-refractivity contribution in [2.24, 2.45) is 0 Å². The number of piperidine rings is 1. The van der Waals surface area contributed by atoms with Gasteiger partial charge in [-0.25, -0.2) is 0 Å². The first-order valence-corrected chi connectivity index (χ1v) is 8.80. The lowest BCUT2D eigenvalue weighted by atomic mass is 9.85. The summed E-state index contributed by atoms with van der Waals surface area (Å²) < 4.78 is 1.58. The van der Waals surface area contributed by atoms with Crippen LogP contribution in [0.25, 0.3) is 0 Å². The summed E-state index contributed by atoms with van der Waals surface area (Å²) in [5.41, 5.74) is -0.481. The van der Waals surface area contributed by atoms with Gasteiger partial charge in [0.05, 0.1) is 11.2 Å². The summed E-state index contributed by atoms with van der Waals surface area (Å²) in [5, 5.41) is 7.65. The standard InChI is InChI=1S/C16H24ClN5O2/c1-12(22-11-13(17)10-19-22)14(23)21-8-4-16(5-9-21)15(24)18-6-3-7-20(16)2/h10-12H,3-9H2,1-2H3,(H,18,24)/t12-/m0/s1. The van der Waals surface area contributed by atoms with Crippen molar-refractivity contribution in [1.82, 2.24) is 24.9 Å². The predicted molar refractivity (Wildman–Crippen MR) is 90.7 cm³/mol. The van der Waals surface area contributed by atoms with Crippen molar-refractivity contribution in [2.45, 2.75) is 37.8 Å². The van der Waals surface area contributed by atoms with Gasteiger partial charge in [0.1, 0.15) is 11.6 Å². The molecule has 3 rings (SSSR count). The average molecular weight is 354 g/mol. The molecule has 1 atom stereocenters. The van der Waals surface area contributed by atoms with E-state index in [1.54, 1.807) is 10.9 Å². The van der Waals surface area contributed by atoms with Gasteiger partial charge in [-0.05, 0) is 33.2 Å². The first kappa shape index (κ1) is 17.2. The lowest BCUT2D eigenvalue weighted by molar-refractivity contribution is -0.143. The van der Waals surface area contributed by atoms with E-state index in [9.17, 15) is 9.59 Å². The zero-order valence-corrected chi connectivity index (χ0v) is 14.9. The maximum absolute atomic E-state index is 12.7. The Bertz CT molecular complexity index is 624. The normalized spacial score (nSPS) is 23.0. The molecule has 2 aliphatic heterocycles. The van der Waals surface area contributed by atoms with Crippen LogP contribution in [0.2, 0.25) is 5.02 Å². The number of likely N-dealkylation sites (tertiary alicyclic amines) is 1. The molecule has 1 aromatic rings. The lowest BCUT2D eigenvalue weighted by Crippen LogP contribution is -2.61. The van der Waals surface area contributed by atoms with Crippen LogP contribution in [0.4, 0.5) is 0 Å². The minimum absolute atomic E-state index is 0.0151. The SMILES string of the molecule is C[C@@H](C(=O)N1CCC2(CC1)C(=O)NCCCN2C)n1cc(Cl)cn1. The number of halogens is 1. The Morgan fingerprint density at radius 1 is 1.38 bits per heavy atom. The fraction of sp³-hybridized carbons (Fsp3) is 0.688. The van der Waals surface area contributed by atoms with Crippen LogP contribution < -0.4 is 5.32 Å². The molecule has 0 aliphatic carbocycles. The molecule has 1 spiro atoms. The summed E-state index contributed by atoms with van der Waals surface area (Å²) in [7, 11) is 2.01. The summed E-state index contributed by atoms with van der Waals surface area (Å²) in [6, 6.07) is -0.396. The summed E-state index contributed by atoms with van der Waals surface area (Å²) in [4.78, 5) is 29.3. The van der Waals surface area contributed by atoms with E-state index in [2.05, 4.69) is 15.3 Å². The van der Waals surface area contributed by atoms with E-state index in [0.29, 0.717) is 31.0 Å². The Morgan fingerprint density at radius 3 is 2.71 bits per heavy atom. The monoisotopic (exact) mass is 353 g/mol. The van der Waals surface area contributed by atoms with Crippen LogP contribution in [-0.2, 0) is 9.59 Å². The number of carbonyl (C=O) groups excluding carboxylic acids is 2. The van der Waals surface area contributed by atoms with Crippen LogP contribution in [0.15, 0.2) is 12.4 Å².